The van der Waals surface area contributed by atoms with Gasteiger partial charge < -0.3 is 4.90 Å². The highest BCUT2D eigenvalue weighted by atomic mass is 35.5. The van der Waals surface area contributed by atoms with Crippen molar-refractivity contribution in [2.75, 3.05) is 7.05 Å². The fraction of sp³-hybridized carbons (Fsp3) is 0.286. The normalized spacial score (nSPS) is 12.1. The van der Waals surface area contributed by atoms with E-state index in [1.807, 2.05) is 19.1 Å². The van der Waals surface area contributed by atoms with Gasteiger partial charge in [-0.15, -0.1) is 0 Å². The highest BCUT2D eigenvalue weighted by molar-refractivity contribution is 6.30. The van der Waals surface area contributed by atoms with E-state index < -0.39 is 5.69 Å². The number of benzene rings is 2. The predicted molar refractivity (Wildman–Crippen MR) is 111 cm³/mol. The molecule has 1 unspecified atom stereocenters. The zero-order valence-electron chi connectivity index (χ0n) is 16.1. The van der Waals surface area contributed by atoms with Gasteiger partial charge in [0.25, 0.3) is 5.56 Å². The molecule has 1 amide bonds. The number of halogens is 1. The molecule has 1 atom stereocenters. The number of para-hydroxylation sites is 1. The molecular weight excluding hydrogens is 378 g/mol. The van der Waals surface area contributed by atoms with Crippen LogP contribution in [0.5, 0.6) is 0 Å². The minimum Gasteiger partial charge on any atom is -0.337 e. The van der Waals surface area contributed by atoms with Gasteiger partial charge >= 0.3 is 5.69 Å². The zero-order valence-corrected chi connectivity index (χ0v) is 16.8. The zero-order chi connectivity index (χ0) is 20.4. The Morgan fingerprint density at radius 2 is 1.71 bits per heavy atom. The number of likely N-dealkylation sites (N-methyl/N-ethyl adjacent to an activating group) is 1. The molecule has 0 aliphatic carbocycles. The van der Waals surface area contributed by atoms with Gasteiger partial charge in [-0.3, -0.25) is 18.7 Å². The van der Waals surface area contributed by atoms with Gasteiger partial charge in [0.1, 0.15) is 6.54 Å². The van der Waals surface area contributed by atoms with Crippen LogP contribution in [0.25, 0.3) is 10.9 Å². The van der Waals surface area contributed by atoms with Crippen LogP contribution < -0.4 is 11.2 Å². The summed E-state index contributed by atoms with van der Waals surface area (Å²) < 4.78 is 2.52. The number of carbonyl (C=O) groups is 1. The third-order valence-electron chi connectivity index (χ3n) is 5.07. The Bertz CT molecular complexity index is 1130. The summed E-state index contributed by atoms with van der Waals surface area (Å²) in [6.07, 6.45) is 0. The van der Waals surface area contributed by atoms with Crippen molar-refractivity contribution in [3.8, 4) is 0 Å². The molecule has 0 saturated carbocycles. The second kappa shape index (κ2) is 8.02. The predicted octanol–water partition coefficient (Wildman–Crippen LogP) is 3.06. The average Bonchev–Trinajstić information content (AvgIpc) is 2.71. The van der Waals surface area contributed by atoms with Crippen molar-refractivity contribution in [1.82, 2.24) is 14.0 Å². The van der Waals surface area contributed by atoms with E-state index in [9.17, 15) is 14.4 Å². The lowest BCUT2D eigenvalue weighted by Gasteiger charge is -2.26. The minimum atomic E-state index is -0.480. The van der Waals surface area contributed by atoms with Crippen molar-refractivity contribution >= 4 is 28.4 Å². The highest BCUT2D eigenvalue weighted by Gasteiger charge is 2.20. The molecule has 0 bridgehead atoms. The maximum atomic E-state index is 12.9. The fourth-order valence-electron chi connectivity index (χ4n) is 3.23. The second-order valence-corrected chi connectivity index (χ2v) is 7.10. The Hall–Kier alpha value is -2.86. The number of carbonyl (C=O) groups excluding carboxylic acids is 1. The summed E-state index contributed by atoms with van der Waals surface area (Å²) in [7, 11) is 1.70. The number of nitrogens with zero attached hydrogens (tertiary/aromatic N) is 3. The highest BCUT2D eigenvalue weighted by Crippen LogP contribution is 2.21. The Morgan fingerprint density at radius 1 is 1.07 bits per heavy atom. The first-order valence-corrected chi connectivity index (χ1v) is 9.46. The van der Waals surface area contributed by atoms with E-state index in [0.29, 0.717) is 15.9 Å². The third-order valence-corrected chi connectivity index (χ3v) is 5.32. The van der Waals surface area contributed by atoms with Gasteiger partial charge in [0, 0.05) is 18.6 Å². The van der Waals surface area contributed by atoms with E-state index in [-0.39, 0.29) is 30.6 Å². The lowest BCUT2D eigenvalue weighted by Crippen LogP contribution is -2.43. The summed E-state index contributed by atoms with van der Waals surface area (Å²) in [5.41, 5.74) is 0.584. The molecule has 1 aromatic heterocycles. The van der Waals surface area contributed by atoms with Crippen LogP contribution in [0.3, 0.4) is 0 Å². The van der Waals surface area contributed by atoms with Gasteiger partial charge in [-0.2, -0.15) is 0 Å². The SMILES string of the molecule is CCn1c(=O)c2ccccc2n(CC(=O)N(C)C(C)c2ccc(Cl)cc2)c1=O. The van der Waals surface area contributed by atoms with Gasteiger partial charge in [-0.25, -0.2) is 4.79 Å². The van der Waals surface area contributed by atoms with Crippen molar-refractivity contribution < 1.29 is 4.79 Å². The lowest BCUT2D eigenvalue weighted by molar-refractivity contribution is -0.132. The summed E-state index contributed by atoms with van der Waals surface area (Å²) in [6.45, 7) is 3.75. The van der Waals surface area contributed by atoms with Crippen LogP contribution in [0.15, 0.2) is 58.1 Å². The maximum absolute atomic E-state index is 12.9. The molecule has 0 saturated heterocycles. The molecule has 0 aliphatic heterocycles. The van der Waals surface area contributed by atoms with Crippen molar-refractivity contribution in [3.63, 3.8) is 0 Å². The molecule has 3 aromatic rings. The quantitative estimate of drug-likeness (QED) is 0.662. The molecule has 3 rings (SSSR count). The summed E-state index contributed by atoms with van der Waals surface area (Å²) in [5.74, 6) is -0.226. The smallest absolute Gasteiger partial charge is 0.331 e. The standard InChI is InChI=1S/C21H22ClN3O3/c1-4-24-20(27)17-7-5-6-8-18(17)25(21(24)28)13-19(26)23(3)14(2)15-9-11-16(22)12-10-15/h5-12,14H,4,13H2,1-3H3. The van der Waals surface area contributed by atoms with Crippen LogP contribution in [0.2, 0.25) is 5.02 Å². The number of rotatable bonds is 5. The molecule has 0 radical (unpaired) electrons. The van der Waals surface area contributed by atoms with Crippen molar-refractivity contribution in [2.45, 2.75) is 33.0 Å². The molecule has 28 heavy (non-hydrogen) atoms. The van der Waals surface area contributed by atoms with Gasteiger partial charge in [0.2, 0.25) is 5.91 Å². The van der Waals surface area contributed by atoms with Crippen LogP contribution in [0.4, 0.5) is 0 Å². The van der Waals surface area contributed by atoms with E-state index in [2.05, 4.69) is 0 Å². The Kier molecular flexibility index (Phi) is 5.70. The van der Waals surface area contributed by atoms with E-state index >= 15 is 0 Å². The van der Waals surface area contributed by atoms with E-state index in [1.54, 1.807) is 55.3 Å². The van der Waals surface area contributed by atoms with Crippen LogP contribution in [0.1, 0.15) is 25.5 Å². The van der Waals surface area contributed by atoms with Crippen molar-refractivity contribution in [1.29, 1.82) is 0 Å². The van der Waals surface area contributed by atoms with Crippen LogP contribution in [-0.4, -0.2) is 27.0 Å². The maximum Gasteiger partial charge on any atom is 0.331 e. The van der Waals surface area contributed by atoms with Crippen molar-refractivity contribution in [2.24, 2.45) is 0 Å². The van der Waals surface area contributed by atoms with Gasteiger partial charge in [0.15, 0.2) is 0 Å². The number of aromatic nitrogens is 2. The summed E-state index contributed by atoms with van der Waals surface area (Å²) in [5, 5.41) is 1.05. The number of hydrogen-bond donors (Lipinski definition) is 0. The minimum absolute atomic E-state index is 0.145. The monoisotopic (exact) mass is 399 g/mol. The number of fused-ring (bicyclic) bond motifs is 1. The summed E-state index contributed by atoms with van der Waals surface area (Å²) in [6, 6.07) is 14.0. The van der Waals surface area contributed by atoms with Gasteiger partial charge in [-0.05, 0) is 43.7 Å². The van der Waals surface area contributed by atoms with Crippen LogP contribution in [-0.2, 0) is 17.9 Å². The van der Waals surface area contributed by atoms with Crippen LogP contribution in [0, 0.1) is 0 Å². The molecule has 0 spiro atoms. The first kappa shape index (κ1) is 19.9. The first-order valence-electron chi connectivity index (χ1n) is 9.08. The fourth-order valence-corrected chi connectivity index (χ4v) is 3.36. The molecule has 2 aromatic carbocycles. The molecule has 1 heterocycles. The third kappa shape index (κ3) is 3.60. The molecule has 0 aliphatic rings. The van der Waals surface area contributed by atoms with E-state index in [0.717, 1.165) is 10.1 Å². The van der Waals surface area contributed by atoms with Gasteiger partial charge in [-0.1, -0.05) is 35.9 Å². The number of amides is 1. The first-order chi connectivity index (χ1) is 13.3. The molecule has 6 nitrogen and oxygen atoms in total. The van der Waals surface area contributed by atoms with E-state index in [1.165, 1.54) is 4.57 Å². The van der Waals surface area contributed by atoms with Crippen LogP contribution >= 0.6 is 11.6 Å². The molecule has 0 fully saturated rings. The Morgan fingerprint density at radius 3 is 2.36 bits per heavy atom. The summed E-state index contributed by atoms with van der Waals surface area (Å²) >= 11 is 5.93. The molecule has 146 valence electrons. The van der Waals surface area contributed by atoms with E-state index in [4.69, 9.17) is 11.6 Å². The Labute approximate surface area is 167 Å². The van der Waals surface area contributed by atoms with Crippen molar-refractivity contribution in [3.05, 3.63) is 80.0 Å². The molecular formula is C21H22ClN3O3. The molecule has 7 heteroatoms. The summed E-state index contributed by atoms with van der Waals surface area (Å²) in [4.78, 5) is 39.8. The molecule has 0 N–H and O–H groups in total. The second-order valence-electron chi connectivity index (χ2n) is 6.67. The number of hydrogen-bond acceptors (Lipinski definition) is 3. The average molecular weight is 400 g/mol. The Balaban J connectivity index is 1.98. The lowest BCUT2D eigenvalue weighted by atomic mass is 10.1. The largest absolute Gasteiger partial charge is 0.337 e. The van der Waals surface area contributed by atoms with Gasteiger partial charge in [0.05, 0.1) is 16.9 Å². The topological polar surface area (TPSA) is 64.3 Å².